The number of amides is 2. The number of hydrogen-bond donors (Lipinski definition) is 13. The van der Waals surface area contributed by atoms with Crippen molar-refractivity contribution in [2.75, 3.05) is 71.0 Å². The van der Waals surface area contributed by atoms with Crippen LogP contribution in [-0.2, 0) is 72.0 Å². The second-order valence-electron chi connectivity index (χ2n) is 20.1. The molecule has 5 rings (SSSR count). The maximum Gasteiger partial charge on any atom is 0.244 e. The maximum atomic E-state index is 14.3. The van der Waals surface area contributed by atoms with Crippen molar-refractivity contribution in [1.82, 2.24) is 72.5 Å². The third-order valence-electron chi connectivity index (χ3n) is 14.2. The molecule has 2 aliphatic heterocycles. The second kappa shape index (κ2) is 33.8. The third-order valence-corrected chi connectivity index (χ3v) is 14.9. The minimum Gasteiger partial charge on any atom is -0.351 e. The van der Waals surface area contributed by atoms with Crippen molar-refractivity contribution in [2.45, 2.75) is 120 Å². The number of aromatic nitrogens is 4. The van der Waals surface area contributed by atoms with E-state index in [9.17, 15) is 52.7 Å². The van der Waals surface area contributed by atoms with Crippen molar-refractivity contribution in [3.8, 4) is 0 Å². The molecule has 2 amide bonds. The average Bonchev–Trinajstić information content (AvgIpc) is 4.53. The Kier molecular flexibility index (Phi) is 27.4. The fraction of sp³-hybridized carbons (Fsp3) is 0.566. The summed E-state index contributed by atoms with van der Waals surface area (Å²) in [4.78, 5) is 163. The van der Waals surface area contributed by atoms with E-state index < -0.39 is 120 Å². The molecule has 0 saturated carbocycles. The summed E-state index contributed by atoms with van der Waals surface area (Å²) in [6.45, 7) is 2.72. The molecule has 0 bridgehead atoms. The van der Waals surface area contributed by atoms with E-state index >= 15 is 0 Å². The first-order chi connectivity index (χ1) is 38.9. The molecule has 2 fully saturated rings. The van der Waals surface area contributed by atoms with E-state index in [1.165, 1.54) is 18.9 Å². The Morgan fingerprint density at radius 1 is 0.654 bits per heavy atom. The average molecular weight is 1160 g/mol. The molecule has 2 aliphatic rings. The van der Waals surface area contributed by atoms with Crippen molar-refractivity contribution < 1.29 is 52.7 Å². The van der Waals surface area contributed by atoms with Crippen LogP contribution >= 0.6 is 25.3 Å². The Morgan fingerprint density at radius 3 is 1.86 bits per heavy atom. The van der Waals surface area contributed by atoms with Gasteiger partial charge in [0.2, 0.25) is 34.9 Å². The zero-order chi connectivity index (χ0) is 59.0. The van der Waals surface area contributed by atoms with Gasteiger partial charge in [-0.1, -0.05) is 30.3 Å². The van der Waals surface area contributed by atoms with Gasteiger partial charge in [-0.2, -0.15) is 25.3 Å². The summed E-state index contributed by atoms with van der Waals surface area (Å²) in [5.41, 5.74) is 10.2. The van der Waals surface area contributed by atoms with Crippen molar-refractivity contribution in [3.05, 3.63) is 72.3 Å². The molecule has 1 aromatic carbocycles. The number of likely N-dealkylation sites (tertiary alicyclic amines) is 1. The number of rotatable bonds is 40. The molecule has 0 aliphatic carbocycles. The first kappa shape index (κ1) is 65.8. The van der Waals surface area contributed by atoms with Gasteiger partial charge in [0.1, 0.15) is 6.04 Å². The van der Waals surface area contributed by atoms with Crippen LogP contribution in [0.1, 0.15) is 62.9 Å². The fourth-order valence-electron chi connectivity index (χ4n) is 9.26. The monoisotopic (exact) mass is 1160 g/mol. The third kappa shape index (κ3) is 20.4. The molecule has 12 N–H and O–H groups in total. The van der Waals surface area contributed by atoms with Crippen LogP contribution in [0.25, 0.3) is 0 Å². The van der Waals surface area contributed by atoms with E-state index in [1.54, 1.807) is 61.3 Å². The molecule has 81 heavy (non-hydrogen) atoms. The first-order valence-electron chi connectivity index (χ1n) is 27.0. The lowest BCUT2D eigenvalue weighted by atomic mass is 9.96. The van der Waals surface area contributed by atoms with Crippen LogP contribution in [-0.4, -0.2) is 219 Å². The number of carbonyl (C=O) groups is 11. The van der Waals surface area contributed by atoms with Crippen molar-refractivity contribution in [2.24, 2.45) is 5.73 Å². The largest absolute Gasteiger partial charge is 0.351 e. The van der Waals surface area contributed by atoms with Gasteiger partial charge < -0.3 is 37.0 Å². The molecule has 3 aromatic rings. The predicted octanol–water partition coefficient (Wildman–Crippen LogP) is -3.69. The molecule has 4 heterocycles. The molecule has 0 radical (unpaired) electrons. The highest BCUT2D eigenvalue weighted by atomic mass is 32.1. The van der Waals surface area contributed by atoms with Gasteiger partial charge in [0.25, 0.3) is 0 Å². The number of likely N-dealkylation sites (N-methyl/N-ethyl adjacent to an activating group) is 1. The molecular formula is C53H77N15O11S2. The number of hydrazine groups is 1. The Hall–Kier alpha value is -6.05. The number of thiol groups is 2. The smallest absolute Gasteiger partial charge is 0.244 e. The lowest BCUT2D eigenvalue weighted by Gasteiger charge is -2.29. The van der Waals surface area contributed by atoms with E-state index in [-0.39, 0.29) is 81.6 Å². The van der Waals surface area contributed by atoms with Crippen molar-refractivity contribution >= 4 is 89.1 Å². The number of hydrogen-bond acceptors (Lipinski definition) is 24. The van der Waals surface area contributed by atoms with Crippen LogP contribution in [0.2, 0.25) is 0 Å². The molecule has 2 saturated heterocycles. The van der Waals surface area contributed by atoms with Crippen LogP contribution in [0.5, 0.6) is 0 Å². The van der Waals surface area contributed by atoms with Gasteiger partial charge in [-0.25, -0.2) is 20.4 Å². The Labute approximate surface area is 481 Å². The summed E-state index contributed by atoms with van der Waals surface area (Å²) in [5, 5.41) is 21.3. The van der Waals surface area contributed by atoms with Crippen LogP contribution in [0.15, 0.2) is 55.4 Å². The number of ketones is 9. The Morgan fingerprint density at radius 2 is 1.25 bits per heavy atom. The van der Waals surface area contributed by atoms with Crippen molar-refractivity contribution in [3.63, 3.8) is 0 Å². The molecule has 0 unspecified atom stereocenters. The van der Waals surface area contributed by atoms with E-state index in [4.69, 9.17) is 5.73 Å². The molecule has 2 aromatic heterocycles. The lowest BCUT2D eigenvalue weighted by molar-refractivity contribution is -0.141. The molecule has 28 heteroatoms. The Bertz CT molecular complexity index is 2610. The van der Waals surface area contributed by atoms with Gasteiger partial charge >= 0.3 is 0 Å². The van der Waals surface area contributed by atoms with Crippen molar-refractivity contribution in [1.29, 1.82) is 0 Å². The number of carbonyl (C=O) groups excluding carboxylic acids is 11. The Balaban J connectivity index is 1.17. The predicted molar refractivity (Wildman–Crippen MR) is 304 cm³/mol. The van der Waals surface area contributed by atoms with E-state index in [2.05, 4.69) is 87.8 Å². The number of nitrogens with one attached hydrogen (secondary N) is 10. The molecule has 0 spiro atoms. The summed E-state index contributed by atoms with van der Waals surface area (Å²) in [5.74, 6) is -6.34. The van der Waals surface area contributed by atoms with Gasteiger partial charge in [0.05, 0.1) is 112 Å². The van der Waals surface area contributed by atoms with Crippen LogP contribution in [0, 0.1) is 0 Å². The van der Waals surface area contributed by atoms with Gasteiger partial charge in [-0.3, -0.25) is 73.6 Å². The van der Waals surface area contributed by atoms with Crippen LogP contribution in [0.3, 0.4) is 0 Å². The number of H-pyrrole nitrogens is 2. The maximum absolute atomic E-state index is 14.3. The molecule has 9 atom stereocenters. The zero-order valence-electron chi connectivity index (χ0n) is 45.9. The summed E-state index contributed by atoms with van der Waals surface area (Å²) >= 11 is 8.38. The SMILES string of the molecule is CN[C@@H](C)C(=O)CN[C@@H](CS)C(=O)C(=O)[C@@H]1CCCN1CN[C@@H](C)C(=O)CN[C@@H](Cc1ccccc1)C(=O)C(=O)[C@@H]1CCCN1N[C@@H](Cc1c[nH]cn1)C(=O)CNCC(=O)CC(=O)[C@H](Cc1c[nH]cn1)NC(=O)[C@H](CS)NC(=O)CN. The number of benzene rings is 1. The number of nitrogens with zero attached hydrogens (tertiary/aromatic N) is 4. The highest BCUT2D eigenvalue weighted by Gasteiger charge is 2.40. The number of aromatic amines is 2. The summed E-state index contributed by atoms with van der Waals surface area (Å²) in [7, 11) is 1.65. The lowest BCUT2D eigenvalue weighted by Crippen LogP contribution is -2.57. The van der Waals surface area contributed by atoms with Gasteiger partial charge in [-0.05, 0) is 58.6 Å². The first-order valence-corrected chi connectivity index (χ1v) is 28.3. The topological polar surface area (TPSA) is 374 Å². The van der Waals surface area contributed by atoms with Crippen LogP contribution in [0.4, 0.5) is 0 Å². The second-order valence-corrected chi connectivity index (χ2v) is 20.8. The highest BCUT2D eigenvalue weighted by Crippen LogP contribution is 2.20. The summed E-state index contributed by atoms with van der Waals surface area (Å²) < 4.78 is 0. The molecule has 26 nitrogen and oxygen atoms in total. The van der Waals surface area contributed by atoms with E-state index in [0.29, 0.717) is 43.7 Å². The summed E-state index contributed by atoms with van der Waals surface area (Å²) in [6, 6.07) is 0.703. The molecular weight excluding hydrogens is 1090 g/mol. The van der Waals surface area contributed by atoms with Gasteiger partial charge in [-0.15, -0.1) is 0 Å². The zero-order valence-corrected chi connectivity index (χ0v) is 47.7. The van der Waals surface area contributed by atoms with Gasteiger partial charge in [0, 0.05) is 56.5 Å². The van der Waals surface area contributed by atoms with E-state index in [0.717, 1.165) is 5.56 Å². The molecule has 442 valence electrons. The van der Waals surface area contributed by atoms with Crippen LogP contribution < -0.4 is 48.4 Å². The standard InChI is InChI=1S/C53H77N15O11S2/c1-31(55-3)45(71)24-60-40(26-80)50(76)51(77)42-11-7-13-67(42)30-63-32(2)46(72)25-59-39(15-33-9-5-4-6-10-33)49(75)52(78)43-12-8-14-68(43)66-38(17-35-21-58-29-62-35)47(73)23-56-22-36(69)18-44(70)37(16-34-20-57-28-61-34)65-53(79)41(27-81)64-48(74)19-54/h4-6,9-10,20-21,28-29,31-32,37-43,55-56,59-60,63,66,80-81H,7-8,11-19,22-27,30,54H2,1-3H3,(H,57,61)(H,58,62)(H,64,74)(H,65,79)/t31-,32-,37-,38-,39-,40-,41-,42-,43-/m0/s1. The number of nitrogens with two attached hydrogens (primary N) is 1. The quantitative estimate of drug-likeness (QED) is 0.0148. The summed E-state index contributed by atoms with van der Waals surface area (Å²) in [6.07, 6.45) is 7.28. The minimum atomic E-state index is -1.20. The van der Waals surface area contributed by atoms with E-state index in [1.807, 2.05) is 6.07 Å². The number of Topliss-reactive ketones (excluding diaryl/α,β-unsaturated/α-hetero) is 9. The number of imidazole rings is 2. The highest BCUT2D eigenvalue weighted by molar-refractivity contribution is 7.80. The van der Waals surface area contributed by atoms with Gasteiger partial charge in [0.15, 0.2) is 28.9 Å². The normalized spacial score (nSPS) is 18.2. The minimum absolute atomic E-state index is 0.0139. The fourth-order valence-corrected chi connectivity index (χ4v) is 9.81.